The van der Waals surface area contributed by atoms with Gasteiger partial charge in [0.1, 0.15) is 29.3 Å². The summed E-state index contributed by atoms with van der Waals surface area (Å²) in [6.45, 7) is 2.49. The molecule has 0 saturated heterocycles. The maximum Gasteiger partial charge on any atom is 0.375 e. The van der Waals surface area contributed by atoms with Crippen molar-refractivity contribution in [1.82, 2.24) is 14.8 Å². The number of nitrogens with zero attached hydrogens (tertiary/aromatic N) is 4. The van der Waals surface area contributed by atoms with E-state index in [0.29, 0.717) is 34.4 Å². The Bertz CT molecular complexity index is 1200. The molecule has 0 saturated carbocycles. The number of carboxylic acids is 1. The van der Waals surface area contributed by atoms with Crippen LogP contribution in [0.2, 0.25) is 0 Å². The zero-order valence-electron chi connectivity index (χ0n) is 15.6. The second-order valence-electron chi connectivity index (χ2n) is 6.71. The smallest absolute Gasteiger partial charge is 0.375 e. The zero-order valence-corrected chi connectivity index (χ0v) is 16.4. The third kappa shape index (κ3) is 2.81. The van der Waals surface area contributed by atoms with Gasteiger partial charge in [-0.1, -0.05) is 17.4 Å². The number of benzene rings is 1. The van der Waals surface area contributed by atoms with Gasteiger partial charge < -0.3 is 14.6 Å². The summed E-state index contributed by atoms with van der Waals surface area (Å²) in [4.78, 5) is 20.1. The van der Waals surface area contributed by atoms with Crippen molar-refractivity contribution in [3.8, 4) is 10.1 Å². The topological polar surface area (TPSA) is 98.8 Å². The van der Waals surface area contributed by atoms with Crippen LogP contribution in [0.5, 0.6) is 5.06 Å². The number of rotatable bonds is 2. The molecule has 0 unspecified atom stereocenters. The van der Waals surface area contributed by atoms with E-state index in [2.05, 4.69) is 15.1 Å². The second kappa shape index (κ2) is 6.96. The first-order valence-corrected chi connectivity index (χ1v) is 9.86. The van der Waals surface area contributed by atoms with Crippen molar-refractivity contribution >= 4 is 23.0 Å². The fraction of sp³-hybridized carbons (Fsp3) is 0.263. The van der Waals surface area contributed by atoms with Gasteiger partial charge in [-0.2, -0.15) is 0 Å². The minimum atomic E-state index is -1.29. The second-order valence-corrected chi connectivity index (χ2v) is 7.67. The van der Waals surface area contributed by atoms with Crippen LogP contribution in [0.4, 0.5) is 8.78 Å². The molecule has 0 radical (unpaired) electrons. The average Bonchev–Trinajstić information content (AvgIpc) is 3.19. The number of carboxylic acid groups (broad SMARTS) is 1. The molecule has 0 aliphatic carbocycles. The molecular formula is C19H14F2N4O4S. The van der Waals surface area contributed by atoms with Gasteiger partial charge in [-0.25, -0.2) is 23.2 Å². The van der Waals surface area contributed by atoms with E-state index < -0.39 is 23.6 Å². The minimum absolute atomic E-state index is 0.0869. The number of aliphatic imine (C=N–C) groups is 1. The van der Waals surface area contributed by atoms with Gasteiger partial charge in [0.05, 0.1) is 24.5 Å². The molecule has 1 N–H and O–H groups in total. The van der Waals surface area contributed by atoms with Crippen LogP contribution in [-0.4, -0.2) is 44.8 Å². The lowest BCUT2D eigenvalue weighted by Crippen LogP contribution is -2.13. The Morgan fingerprint density at radius 2 is 2.03 bits per heavy atom. The number of hydrogen-bond donors (Lipinski definition) is 1. The van der Waals surface area contributed by atoms with Crippen LogP contribution < -0.4 is 4.74 Å². The summed E-state index contributed by atoms with van der Waals surface area (Å²) >= 11 is 1.18. The largest absolute Gasteiger partial charge is 0.481 e. The summed E-state index contributed by atoms with van der Waals surface area (Å²) in [7, 11) is 0. The highest BCUT2D eigenvalue weighted by Crippen LogP contribution is 2.44. The van der Waals surface area contributed by atoms with E-state index in [1.807, 2.05) is 0 Å². The Morgan fingerprint density at radius 1 is 1.27 bits per heavy atom. The lowest BCUT2D eigenvalue weighted by Gasteiger charge is -2.12. The van der Waals surface area contributed by atoms with Crippen LogP contribution in [0.1, 0.15) is 46.1 Å². The molecule has 4 heterocycles. The molecule has 0 fully saturated rings. The molecular weight excluding hydrogens is 418 g/mol. The normalized spacial score (nSPS) is 17.7. The van der Waals surface area contributed by atoms with E-state index in [1.54, 1.807) is 6.92 Å². The summed E-state index contributed by atoms with van der Waals surface area (Å²) in [6, 6.07) is 2.89. The first kappa shape index (κ1) is 18.8. The number of halogens is 2. The van der Waals surface area contributed by atoms with E-state index in [-0.39, 0.29) is 29.5 Å². The van der Waals surface area contributed by atoms with E-state index in [0.717, 1.165) is 12.1 Å². The number of fused-ring (bicyclic) bond motifs is 5. The Kier molecular flexibility index (Phi) is 4.36. The Balaban J connectivity index is 1.84. The molecule has 0 amide bonds. The Morgan fingerprint density at radius 3 is 2.77 bits per heavy atom. The quantitative estimate of drug-likeness (QED) is 0.668. The molecule has 8 nitrogen and oxygen atoms in total. The molecule has 11 heteroatoms. The van der Waals surface area contributed by atoms with Crippen LogP contribution in [0.3, 0.4) is 0 Å². The van der Waals surface area contributed by atoms with Gasteiger partial charge in [0.15, 0.2) is 10.9 Å². The highest BCUT2D eigenvalue weighted by Gasteiger charge is 2.35. The van der Waals surface area contributed by atoms with Crippen molar-refractivity contribution in [2.45, 2.75) is 19.6 Å². The predicted octanol–water partition coefficient (Wildman–Crippen LogP) is 3.13. The minimum Gasteiger partial charge on any atom is -0.481 e. The molecule has 154 valence electrons. The molecule has 30 heavy (non-hydrogen) atoms. The van der Waals surface area contributed by atoms with Crippen LogP contribution in [-0.2, 0) is 11.3 Å². The van der Waals surface area contributed by atoms with Crippen molar-refractivity contribution in [3.05, 3.63) is 58.2 Å². The van der Waals surface area contributed by atoms with Crippen LogP contribution in [0, 0.1) is 11.6 Å². The van der Waals surface area contributed by atoms with E-state index in [1.165, 1.54) is 22.1 Å². The molecule has 0 bridgehead atoms. The number of aromatic carboxylic acids is 1. The van der Waals surface area contributed by atoms with Crippen molar-refractivity contribution in [1.29, 1.82) is 0 Å². The Labute approximate surface area is 172 Å². The molecule has 2 aliphatic rings. The monoisotopic (exact) mass is 432 g/mol. The standard InChI is InChI=1S/C19H14F2N4O4S/c1-8-16-23-15(18(26)27)24-25(16)17-12(9-7-28-5-6-29-19(9)30-17)14(22-8)13-10(20)3-2-4-11(13)21/h2-4,8H,5-7H2,1H3,(H,26,27)/t8-/m0/s1. The maximum absolute atomic E-state index is 14.7. The molecule has 1 aromatic carbocycles. The van der Waals surface area contributed by atoms with E-state index >= 15 is 0 Å². The molecule has 3 aromatic rings. The van der Waals surface area contributed by atoms with Crippen LogP contribution in [0.25, 0.3) is 5.00 Å². The molecule has 0 spiro atoms. The van der Waals surface area contributed by atoms with Gasteiger partial charge in [-0.05, 0) is 19.1 Å². The maximum atomic E-state index is 14.7. The molecule has 2 aromatic heterocycles. The van der Waals surface area contributed by atoms with Gasteiger partial charge >= 0.3 is 5.97 Å². The molecule has 1 atom stereocenters. The molecule has 5 rings (SSSR count). The Hall–Kier alpha value is -3.18. The molecule has 2 aliphatic heterocycles. The first-order chi connectivity index (χ1) is 14.5. The number of carbonyl (C=O) groups is 1. The summed E-state index contributed by atoms with van der Waals surface area (Å²) in [5.74, 6) is -2.95. The predicted molar refractivity (Wildman–Crippen MR) is 102 cm³/mol. The van der Waals surface area contributed by atoms with Crippen LogP contribution >= 0.6 is 11.3 Å². The highest BCUT2D eigenvalue weighted by atomic mass is 32.1. The van der Waals surface area contributed by atoms with Gasteiger partial charge in [0, 0.05) is 11.1 Å². The van der Waals surface area contributed by atoms with Gasteiger partial charge in [0.2, 0.25) is 0 Å². The summed E-state index contributed by atoms with van der Waals surface area (Å²) in [5.41, 5.74) is 0.790. The van der Waals surface area contributed by atoms with Gasteiger partial charge in [-0.15, -0.1) is 5.10 Å². The van der Waals surface area contributed by atoms with E-state index in [4.69, 9.17) is 9.47 Å². The number of hydrogen-bond acceptors (Lipinski definition) is 7. The SMILES string of the molecule is C[C@@H]1N=C(c2c(F)cccc2F)c2c(sc3c2COCCO3)-n2nc(C(=O)O)nc21. The van der Waals surface area contributed by atoms with Crippen LogP contribution in [0.15, 0.2) is 23.2 Å². The number of thiophene rings is 1. The summed E-state index contributed by atoms with van der Waals surface area (Å²) in [6.07, 6.45) is 0. The van der Waals surface area contributed by atoms with Gasteiger partial charge in [0.25, 0.3) is 5.82 Å². The van der Waals surface area contributed by atoms with E-state index in [9.17, 15) is 18.7 Å². The average molecular weight is 432 g/mol. The number of ether oxygens (including phenoxy) is 2. The van der Waals surface area contributed by atoms with Crippen molar-refractivity contribution in [2.24, 2.45) is 4.99 Å². The first-order valence-electron chi connectivity index (χ1n) is 9.05. The fourth-order valence-electron chi connectivity index (χ4n) is 3.50. The third-order valence-corrected chi connectivity index (χ3v) is 5.93. The summed E-state index contributed by atoms with van der Waals surface area (Å²) in [5, 5.41) is 14.4. The lowest BCUT2D eigenvalue weighted by atomic mass is 9.99. The zero-order chi connectivity index (χ0) is 21.0. The van der Waals surface area contributed by atoms with Crippen molar-refractivity contribution < 1.29 is 28.2 Å². The number of aromatic nitrogens is 3. The third-order valence-electron chi connectivity index (χ3n) is 4.81. The van der Waals surface area contributed by atoms with Crippen molar-refractivity contribution in [3.63, 3.8) is 0 Å². The van der Waals surface area contributed by atoms with Crippen molar-refractivity contribution in [2.75, 3.05) is 13.2 Å². The lowest BCUT2D eigenvalue weighted by molar-refractivity contribution is 0.0683. The fourth-order valence-corrected chi connectivity index (χ4v) is 4.65. The highest BCUT2D eigenvalue weighted by molar-refractivity contribution is 7.17. The van der Waals surface area contributed by atoms with Gasteiger partial charge in [-0.3, -0.25) is 4.99 Å². The summed E-state index contributed by atoms with van der Waals surface area (Å²) < 4.78 is 42.2.